The number of halogens is 2. The molecule has 0 aliphatic rings. The quantitative estimate of drug-likeness (QED) is 0.530. The van der Waals surface area contributed by atoms with E-state index < -0.39 is 0 Å². The molecule has 0 fully saturated rings. The van der Waals surface area contributed by atoms with Gasteiger partial charge in [0.2, 0.25) is 0 Å². The van der Waals surface area contributed by atoms with Crippen LogP contribution >= 0.6 is 43.2 Å². The third kappa shape index (κ3) is 3.11. The Bertz CT molecular complexity index is 750. The maximum Gasteiger partial charge on any atom is 0.148 e. The molecular formula is C16H15Br2NOS. The van der Waals surface area contributed by atoms with Gasteiger partial charge in [-0.2, -0.15) is 0 Å². The Morgan fingerprint density at radius 2 is 2.10 bits per heavy atom. The smallest absolute Gasteiger partial charge is 0.148 e. The molecule has 0 aliphatic carbocycles. The van der Waals surface area contributed by atoms with E-state index >= 15 is 0 Å². The summed E-state index contributed by atoms with van der Waals surface area (Å²) in [4.78, 5) is 1.25. The van der Waals surface area contributed by atoms with Crippen molar-refractivity contribution in [1.29, 1.82) is 0 Å². The highest BCUT2D eigenvalue weighted by molar-refractivity contribution is 9.11. The Morgan fingerprint density at radius 1 is 1.24 bits per heavy atom. The molecule has 110 valence electrons. The molecule has 2 aromatic heterocycles. The zero-order valence-electron chi connectivity index (χ0n) is 11.5. The molecule has 0 radical (unpaired) electrons. The fourth-order valence-electron chi connectivity index (χ4n) is 2.31. The number of hydrogen-bond donors (Lipinski definition) is 1. The largest absolute Gasteiger partial charge is 0.458 e. The summed E-state index contributed by atoms with van der Waals surface area (Å²) in [6.07, 6.45) is 1.09. The number of fused-ring (bicyclic) bond motifs is 1. The van der Waals surface area contributed by atoms with E-state index in [1.807, 2.05) is 12.1 Å². The molecule has 3 rings (SSSR count). The standard InChI is InChI=1S/C16H15Br2NOS/c1-2-7-19-14(16-12(18)6-8-21-16)13-9-10-4-3-5-11(17)15(10)20-13/h3-6,8-9,14,19H,2,7H2,1H3. The van der Waals surface area contributed by atoms with Gasteiger partial charge < -0.3 is 9.73 Å². The summed E-state index contributed by atoms with van der Waals surface area (Å²) in [6.45, 7) is 3.12. The van der Waals surface area contributed by atoms with Gasteiger partial charge >= 0.3 is 0 Å². The molecule has 0 amide bonds. The Balaban J connectivity index is 2.05. The first-order valence-electron chi connectivity index (χ1n) is 6.85. The summed E-state index contributed by atoms with van der Waals surface area (Å²) in [5, 5.41) is 6.80. The number of hydrogen-bond acceptors (Lipinski definition) is 3. The normalized spacial score (nSPS) is 12.9. The molecule has 5 heteroatoms. The molecule has 0 saturated heterocycles. The average molecular weight is 429 g/mol. The van der Waals surface area contributed by atoms with E-state index in [2.05, 4.69) is 67.7 Å². The minimum Gasteiger partial charge on any atom is -0.458 e. The zero-order chi connectivity index (χ0) is 14.8. The number of rotatable bonds is 5. The maximum atomic E-state index is 6.11. The third-order valence-corrected chi connectivity index (χ3v) is 5.87. The van der Waals surface area contributed by atoms with Crippen molar-refractivity contribution in [2.75, 3.05) is 6.54 Å². The Kier molecular flexibility index (Phi) is 4.84. The second-order valence-corrected chi connectivity index (χ2v) is 7.48. The lowest BCUT2D eigenvalue weighted by atomic mass is 10.1. The molecule has 0 spiro atoms. The van der Waals surface area contributed by atoms with Crippen molar-refractivity contribution in [1.82, 2.24) is 5.32 Å². The lowest BCUT2D eigenvalue weighted by molar-refractivity contribution is 0.472. The summed E-state index contributed by atoms with van der Waals surface area (Å²) in [6, 6.07) is 10.4. The molecule has 0 saturated carbocycles. The second kappa shape index (κ2) is 6.65. The molecular weight excluding hydrogens is 414 g/mol. The van der Waals surface area contributed by atoms with E-state index in [1.165, 1.54) is 4.88 Å². The van der Waals surface area contributed by atoms with Gasteiger partial charge in [-0.15, -0.1) is 11.3 Å². The van der Waals surface area contributed by atoms with Gasteiger partial charge in [0, 0.05) is 14.7 Å². The van der Waals surface area contributed by atoms with Crippen LogP contribution in [0.2, 0.25) is 0 Å². The predicted octanol–water partition coefficient (Wildman–Crippen LogP) is 6.11. The first-order chi connectivity index (χ1) is 10.2. The Hall–Kier alpha value is -0.620. The highest BCUT2D eigenvalue weighted by Crippen LogP contribution is 2.37. The number of benzene rings is 1. The summed E-state index contributed by atoms with van der Waals surface area (Å²) < 4.78 is 8.23. The number of nitrogens with one attached hydrogen (secondary N) is 1. The summed E-state index contributed by atoms with van der Waals surface area (Å²) in [7, 11) is 0. The van der Waals surface area contributed by atoms with Gasteiger partial charge in [0.05, 0.1) is 4.47 Å². The zero-order valence-corrected chi connectivity index (χ0v) is 15.5. The summed E-state index contributed by atoms with van der Waals surface area (Å²) >= 11 is 8.92. The minimum atomic E-state index is 0.0821. The molecule has 21 heavy (non-hydrogen) atoms. The van der Waals surface area contributed by atoms with Gasteiger partial charge in [-0.05, 0) is 68.4 Å². The van der Waals surface area contributed by atoms with Crippen molar-refractivity contribution >= 4 is 54.2 Å². The van der Waals surface area contributed by atoms with Crippen LogP contribution in [0.25, 0.3) is 11.0 Å². The maximum absolute atomic E-state index is 6.11. The van der Waals surface area contributed by atoms with Crippen molar-refractivity contribution in [3.05, 3.63) is 55.3 Å². The van der Waals surface area contributed by atoms with E-state index in [-0.39, 0.29) is 6.04 Å². The number of furan rings is 1. The first-order valence-corrected chi connectivity index (χ1v) is 9.31. The first kappa shape index (κ1) is 15.3. The summed E-state index contributed by atoms with van der Waals surface area (Å²) in [5.41, 5.74) is 0.906. The van der Waals surface area contributed by atoms with Crippen molar-refractivity contribution in [3.63, 3.8) is 0 Å². The molecule has 1 N–H and O–H groups in total. The lowest BCUT2D eigenvalue weighted by Gasteiger charge is -2.15. The predicted molar refractivity (Wildman–Crippen MR) is 96.1 cm³/mol. The number of para-hydroxylation sites is 1. The van der Waals surface area contributed by atoms with Crippen molar-refractivity contribution in [2.45, 2.75) is 19.4 Å². The number of thiophene rings is 1. The van der Waals surface area contributed by atoms with Crippen LogP contribution in [0.3, 0.4) is 0 Å². The molecule has 0 aliphatic heterocycles. The van der Waals surface area contributed by atoms with Crippen molar-refractivity contribution < 1.29 is 4.42 Å². The van der Waals surface area contributed by atoms with E-state index in [4.69, 9.17) is 4.42 Å². The fraction of sp³-hybridized carbons (Fsp3) is 0.250. The van der Waals surface area contributed by atoms with Crippen LogP contribution < -0.4 is 5.32 Å². The molecule has 1 atom stereocenters. The van der Waals surface area contributed by atoms with Crippen LogP contribution in [0.5, 0.6) is 0 Å². The monoisotopic (exact) mass is 427 g/mol. The Labute approximate surface area is 144 Å². The molecule has 1 aromatic carbocycles. The lowest BCUT2D eigenvalue weighted by Crippen LogP contribution is -2.22. The topological polar surface area (TPSA) is 25.2 Å². The van der Waals surface area contributed by atoms with E-state index in [9.17, 15) is 0 Å². The SMILES string of the molecule is CCCNC(c1cc2cccc(Br)c2o1)c1sccc1Br. The van der Waals surface area contributed by atoms with E-state index in [0.29, 0.717) is 0 Å². The van der Waals surface area contributed by atoms with Gasteiger partial charge in [-0.3, -0.25) is 0 Å². The van der Waals surface area contributed by atoms with Crippen LogP contribution in [0.15, 0.2) is 49.1 Å². The molecule has 1 unspecified atom stereocenters. The van der Waals surface area contributed by atoms with Gasteiger partial charge in [-0.1, -0.05) is 19.1 Å². The van der Waals surface area contributed by atoms with Gasteiger partial charge in [0.25, 0.3) is 0 Å². The molecule has 0 bridgehead atoms. The highest BCUT2D eigenvalue weighted by Gasteiger charge is 2.22. The minimum absolute atomic E-state index is 0.0821. The van der Waals surface area contributed by atoms with Crippen molar-refractivity contribution in [2.24, 2.45) is 0 Å². The third-order valence-electron chi connectivity index (χ3n) is 3.31. The average Bonchev–Trinajstić information content (AvgIpc) is 3.07. The van der Waals surface area contributed by atoms with E-state index in [0.717, 1.165) is 38.6 Å². The Morgan fingerprint density at radius 3 is 2.76 bits per heavy atom. The van der Waals surface area contributed by atoms with Crippen LogP contribution in [0.1, 0.15) is 30.0 Å². The van der Waals surface area contributed by atoms with Crippen LogP contribution in [-0.4, -0.2) is 6.54 Å². The fourth-order valence-corrected chi connectivity index (χ4v) is 4.46. The van der Waals surface area contributed by atoms with Gasteiger partial charge in [-0.25, -0.2) is 0 Å². The summed E-state index contributed by atoms with van der Waals surface area (Å²) in [5.74, 6) is 0.952. The molecule has 2 heterocycles. The van der Waals surface area contributed by atoms with E-state index in [1.54, 1.807) is 11.3 Å². The molecule has 3 aromatic rings. The van der Waals surface area contributed by atoms with Crippen LogP contribution in [-0.2, 0) is 0 Å². The second-order valence-electron chi connectivity index (χ2n) is 4.83. The highest BCUT2D eigenvalue weighted by atomic mass is 79.9. The van der Waals surface area contributed by atoms with Gasteiger partial charge in [0.1, 0.15) is 17.4 Å². The van der Waals surface area contributed by atoms with Crippen LogP contribution in [0, 0.1) is 0 Å². The molecule has 2 nitrogen and oxygen atoms in total. The van der Waals surface area contributed by atoms with Crippen LogP contribution in [0.4, 0.5) is 0 Å². The van der Waals surface area contributed by atoms with Gasteiger partial charge in [0.15, 0.2) is 0 Å². The van der Waals surface area contributed by atoms with Crippen molar-refractivity contribution in [3.8, 4) is 0 Å².